The van der Waals surface area contributed by atoms with Gasteiger partial charge in [-0.2, -0.15) is 5.26 Å². The van der Waals surface area contributed by atoms with E-state index in [1.807, 2.05) is 18.2 Å². The van der Waals surface area contributed by atoms with Crippen molar-refractivity contribution in [2.24, 2.45) is 0 Å². The largest absolute Gasteiger partial charge is 0.198 e. The van der Waals surface area contributed by atoms with Gasteiger partial charge >= 0.3 is 0 Å². The Balaban J connectivity index is 2.95. The van der Waals surface area contributed by atoms with Crippen molar-refractivity contribution in [2.45, 2.75) is 11.8 Å². The summed E-state index contributed by atoms with van der Waals surface area (Å²) in [6.45, 7) is 0. The fourth-order valence-corrected chi connectivity index (χ4v) is 1.82. The van der Waals surface area contributed by atoms with Gasteiger partial charge in [-0.15, -0.1) is 0 Å². The maximum Gasteiger partial charge on any atom is 0.0669 e. The minimum absolute atomic E-state index is 0.419. The average molecular weight is 245 g/mol. The predicted molar refractivity (Wildman–Crippen MR) is 53.4 cm³/mol. The number of benzene rings is 1. The molecule has 0 aliphatic carbocycles. The number of rotatable bonds is 2. The summed E-state index contributed by atoms with van der Waals surface area (Å²) in [6.07, 6.45) is 0.419. The highest BCUT2D eigenvalue weighted by Crippen LogP contribution is 2.20. The van der Waals surface area contributed by atoms with Gasteiger partial charge in [0, 0.05) is 10.4 Å². The maximum absolute atomic E-state index is 8.43. The molecule has 0 aromatic heterocycles. The molecule has 0 atom stereocenters. The SMILES string of the molecule is N#CCc1ccc(CBr)c(Cl)c1. The van der Waals surface area contributed by atoms with Crippen LogP contribution in [0.25, 0.3) is 0 Å². The second-order valence-corrected chi connectivity index (χ2v) is 3.36. The van der Waals surface area contributed by atoms with Gasteiger partial charge in [0.25, 0.3) is 0 Å². The molecule has 0 saturated heterocycles. The second kappa shape index (κ2) is 4.49. The van der Waals surface area contributed by atoms with Crippen molar-refractivity contribution in [3.05, 3.63) is 34.3 Å². The monoisotopic (exact) mass is 243 g/mol. The topological polar surface area (TPSA) is 23.8 Å². The summed E-state index contributed by atoms with van der Waals surface area (Å²) >= 11 is 9.25. The van der Waals surface area contributed by atoms with Crippen molar-refractivity contribution in [3.63, 3.8) is 0 Å². The first kappa shape index (κ1) is 9.57. The first-order chi connectivity index (χ1) is 5.77. The molecule has 0 saturated carbocycles. The Kier molecular flexibility index (Phi) is 3.58. The first-order valence-corrected chi connectivity index (χ1v) is 4.98. The standard InChI is InChI=1S/C9H7BrClN/c10-6-8-2-1-7(3-4-12)5-9(8)11/h1-2,5H,3,6H2. The van der Waals surface area contributed by atoms with Gasteiger partial charge in [0.05, 0.1) is 12.5 Å². The molecule has 0 aliphatic rings. The normalized spacial score (nSPS) is 9.42. The molecule has 0 spiro atoms. The number of hydrogen-bond donors (Lipinski definition) is 0. The molecule has 1 nitrogen and oxygen atoms in total. The van der Waals surface area contributed by atoms with Crippen LogP contribution in [0.1, 0.15) is 11.1 Å². The van der Waals surface area contributed by atoms with Gasteiger partial charge in [-0.05, 0) is 17.2 Å². The van der Waals surface area contributed by atoms with E-state index in [0.29, 0.717) is 6.42 Å². The molecule has 3 heteroatoms. The molecule has 0 unspecified atom stereocenters. The number of hydrogen-bond acceptors (Lipinski definition) is 1. The van der Waals surface area contributed by atoms with E-state index in [-0.39, 0.29) is 0 Å². The zero-order valence-electron chi connectivity index (χ0n) is 6.35. The van der Waals surface area contributed by atoms with Gasteiger partial charge in [-0.3, -0.25) is 0 Å². The van der Waals surface area contributed by atoms with Gasteiger partial charge < -0.3 is 0 Å². The Hall–Kier alpha value is -0.520. The Bertz CT molecular complexity index is 317. The average Bonchev–Trinajstić information content (AvgIpc) is 2.05. The lowest BCUT2D eigenvalue weighted by Gasteiger charge is -2.00. The molecule has 0 amide bonds. The van der Waals surface area contributed by atoms with E-state index in [1.165, 1.54) is 0 Å². The lowest BCUT2D eigenvalue weighted by molar-refractivity contribution is 1.25. The summed E-state index contributed by atoms with van der Waals surface area (Å²) in [5.74, 6) is 0. The van der Waals surface area contributed by atoms with Gasteiger partial charge in [0.1, 0.15) is 0 Å². The van der Waals surface area contributed by atoms with Gasteiger partial charge in [0.15, 0.2) is 0 Å². The zero-order chi connectivity index (χ0) is 8.97. The number of halogens is 2. The molecule has 12 heavy (non-hydrogen) atoms. The molecule has 1 aromatic carbocycles. The van der Waals surface area contributed by atoms with E-state index in [0.717, 1.165) is 21.5 Å². The third kappa shape index (κ3) is 2.23. The Labute approximate surface area is 85.1 Å². The predicted octanol–water partition coefficient (Wildman–Crippen LogP) is 3.30. The number of alkyl halides is 1. The minimum Gasteiger partial charge on any atom is -0.198 e. The van der Waals surface area contributed by atoms with Gasteiger partial charge in [-0.25, -0.2) is 0 Å². The molecular formula is C9H7BrClN. The van der Waals surface area contributed by atoms with Crippen LogP contribution in [-0.4, -0.2) is 0 Å². The van der Waals surface area contributed by atoms with E-state index in [1.54, 1.807) is 0 Å². The molecule has 0 N–H and O–H groups in total. The van der Waals surface area contributed by atoms with Crippen molar-refractivity contribution in [2.75, 3.05) is 0 Å². The number of nitrogens with zero attached hydrogens (tertiary/aromatic N) is 1. The third-order valence-electron chi connectivity index (χ3n) is 1.54. The molecule has 62 valence electrons. The van der Waals surface area contributed by atoms with Crippen molar-refractivity contribution in [1.82, 2.24) is 0 Å². The first-order valence-electron chi connectivity index (χ1n) is 3.48. The lowest BCUT2D eigenvalue weighted by Crippen LogP contribution is -1.85. The van der Waals surface area contributed by atoms with Crippen molar-refractivity contribution in [1.29, 1.82) is 5.26 Å². The highest BCUT2D eigenvalue weighted by Gasteiger charge is 1.99. The van der Waals surface area contributed by atoms with E-state index in [4.69, 9.17) is 16.9 Å². The lowest BCUT2D eigenvalue weighted by atomic mass is 10.1. The molecule has 0 aliphatic heterocycles. The summed E-state index contributed by atoms with van der Waals surface area (Å²) in [6, 6.07) is 7.77. The van der Waals surface area contributed by atoms with E-state index >= 15 is 0 Å². The molecule has 1 rings (SSSR count). The van der Waals surface area contributed by atoms with Crippen LogP contribution in [0.4, 0.5) is 0 Å². The van der Waals surface area contributed by atoms with E-state index < -0.39 is 0 Å². The van der Waals surface area contributed by atoms with Crippen LogP contribution in [0.3, 0.4) is 0 Å². The summed E-state index contributed by atoms with van der Waals surface area (Å²) in [5, 5.41) is 9.91. The minimum atomic E-state index is 0.419. The Morgan fingerprint density at radius 1 is 1.50 bits per heavy atom. The number of nitriles is 1. The maximum atomic E-state index is 8.43. The second-order valence-electron chi connectivity index (χ2n) is 2.39. The van der Waals surface area contributed by atoms with E-state index in [9.17, 15) is 0 Å². The molecule has 1 aromatic rings. The van der Waals surface area contributed by atoms with Crippen LogP contribution < -0.4 is 0 Å². The van der Waals surface area contributed by atoms with Crippen LogP contribution in [-0.2, 0) is 11.8 Å². The van der Waals surface area contributed by atoms with E-state index in [2.05, 4.69) is 22.0 Å². The fourth-order valence-electron chi connectivity index (χ4n) is 0.900. The van der Waals surface area contributed by atoms with Crippen molar-refractivity contribution >= 4 is 27.5 Å². The molecule has 0 bridgehead atoms. The van der Waals surface area contributed by atoms with Crippen molar-refractivity contribution < 1.29 is 0 Å². The van der Waals surface area contributed by atoms with Crippen LogP contribution in [0.2, 0.25) is 5.02 Å². The van der Waals surface area contributed by atoms with Crippen LogP contribution in [0.5, 0.6) is 0 Å². The molecule has 0 heterocycles. The molecular weight excluding hydrogens is 237 g/mol. The summed E-state index contributed by atoms with van der Waals surface area (Å²) in [7, 11) is 0. The van der Waals surface area contributed by atoms with Crippen molar-refractivity contribution in [3.8, 4) is 6.07 Å². The van der Waals surface area contributed by atoms with Crippen LogP contribution >= 0.6 is 27.5 Å². The Morgan fingerprint density at radius 2 is 2.25 bits per heavy atom. The molecule has 0 fully saturated rings. The highest BCUT2D eigenvalue weighted by molar-refractivity contribution is 9.08. The van der Waals surface area contributed by atoms with Gasteiger partial charge in [0.2, 0.25) is 0 Å². The smallest absolute Gasteiger partial charge is 0.0669 e. The highest BCUT2D eigenvalue weighted by atomic mass is 79.9. The summed E-state index contributed by atoms with van der Waals surface area (Å²) in [5.41, 5.74) is 2.02. The quantitative estimate of drug-likeness (QED) is 0.732. The summed E-state index contributed by atoms with van der Waals surface area (Å²) in [4.78, 5) is 0. The molecule has 0 radical (unpaired) electrons. The third-order valence-corrected chi connectivity index (χ3v) is 2.50. The van der Waals surface area contributed by atoms with Gasteiger partial charge in [-0.1, -0.05) is 39.7 Å². The fraction of sp³-hybridized carbons (Fsp3) is 0.222. The zero-order valence-corrected chi connectivity index (χ0v) is 8.69. The summed E-state index contributed by atoms with van der Waals surface area (Å²) < 4.78 is 0. The Morgan fingerprint density at radius 3 is 2.75 bits per heavy atom. The van der Waals surface area contributed by atoms with Crippen LogP contribution in [0.15, 0.2) is 18.2 Å². The van der Waals surface area contributed by atoms with Crippen LogP contribution in [0, 0.1) is 11.3 Å².